The number of nitrogens with zero attached hydrogens (tertiary/aromatic N) is 1. The van der Waals surface area contributed by atoms with Gasteiger partial charge in [-0.1, -0.05) is 17.7 Å². The van der Waals surface area contributed by atoms with E-state index < -0.39 is 0 Å². The summed E-state index contributed by atoms with van der Waals surface area (Å²) in [5, 5.41) is 1.37. The minimum Gasteiger partial charge on any atom is -0.397 e. The van der Waals surface area contributed by atoms with Crippen LogP contribution >= 0.6 is 22.9 Å². The number of amides is 1. The average molecular weight is 311 g/mol. The number of rotatable bonds is 1. The Labute approximate surface area is 126 Å². The summed E-state index contributed by atoms with van der Waals surface area (Å²) in [5.41, 5.74) is 6.63. The molecule has 0 aliphatic carbocycles. The van der Waals surface area contributed by atoms with Crippen molar-refractivity contribution in [1.29, 1.82) is 0 Å². The van der Waals surface area contributed by atoms with Crippen molar-refractivity contribution in [3.05, 3.63) is 28.1 Å². The van der Waals surface area contributed by atoms with Crippen LogP contribution in [0, 0.1) is 0 Å². The number of nitrogen functional groups attached to an aromatic ring is 1. The predicted molar refractivity (Wildman–Crippen MR) is 82.6 cm³/mol. The van der Waals surface area contributed by atoms with Gasteiger partial charge in [0.1, 0.15) is 4.88 Å². The Morgan fingerprint density at radius 2 is 2.35 bits per heavy atom. The SMILES string of the molecule is CC1COCCN1C(=O)c1sc2cccc(Cl)c2c1N. The lowest BCUT2D eigenvalue weighted by molar-refractivity contribution is 0.00392. The number of nitrogens with two attached hydrogens (primary N) is 1. The van der Waals surface area contributed by atoms with Crippen LogP contribution in [0.4, 0.5) is 5.69 Å². The highest BCUT2D eigenvalue weighted by atomic mass is 35.5. The van der Waals surface area contributed by atoms with Gasteiger partial charge in [-0.05, 0) is 19.1 Å². The Balaban J connectivity index is 2.03. The summed E-state index contributed by atoms with van der Waals surface area (Å²) < 4.78 is 6.31. The van der Waals surface area contributed by atoms with E-state index in [4.69, 9.17) is 22.1 Å². The molecule has 0 saturated carbocycles. The van der Waals surface area contributed by atoms with Crippen molar-refractivity contribution in [1.82, 2.24) is 4.90 Å². The highest BCUT2D eigenvalue weighted by molar-refractivity contribution is 7.21. The van der Waals surface area contributed by atoms with E-state index >= 15 is 0 Å². The topological polar surface area (TPSA) is 55.6 Å². The van der Waals surface area contributed by atoms with Crippen LogP contribution in [0.2, 0.25) is 5.02 Å². The molecule has 6 heteroatoms. The van der Waals surface area contributed by atoms with Crippen LogP contribution in [0.15, 0.2) is 18.2 Å². The van der Waals surface area contributed by atoms with Crippen molar-refractivity contribution in [2.24, 2.45) is 0 Å². The maximum atomic E-state index is 12.7. The maximum absolute atomic E-state index is 12.7. The largest absolute Gasteiger partial charge is 0.397 e. The molecule has 1 aliphatic rings. The lowest BCUT2D eigenvalue weighted by atomic mass is 10.2. The van der Waals surface area contributed by atoms with Gasteiger partial charge in [-0.3, -0.25) is 4.79 Å². The van der Waals surface area contributed by atoms with Gasteiger partial charge in [-0.2, -0.15) is 0 Å². The van der Waals surface area contributed by atoms with Crippen molar-refractivity contribution < 1.29 is 9.53 Å². The van der Waals surface area contributed by atoms with Gasteiger partial charge < -0.3 is 15.4 Å². The van der Waals surface area contributed by atoms with Gasteiger partial charge >= 0.3 is 0 Å². The fraction of sp³-hybridized carbons (Fsp3) is 0.357. The molecular formula is C14H15ClN2O2S. The van der Waals surface area contributed by atoms with Crippen LogP contribution < -0.4 is 5.73 Å². The number of fused-ring (bicyclic) bond motifs is 1. The Bertz CT molecular complexity index is 670. The van der Waals surface area contributed by atoms with Crippen LogP contribution in [0.5, 0.6) is 0 Å². The molecule has 0 spiro atoms. The molecule has 4 nitrogen and oxygen atoms in total. The quantitative estimate of drug-likeness (QED) is 0.881. The second-order valence-electron chi connectivity index (χ2n) is 4.88. The van der Waals surface area contributed by atoms with Crippen LogP contribution in [0.1, 0.15) is 16.6 Å². The first-order valence-electron chi connectivity index (χ1n) is 6.45. The molecule has 0 radical (unpaired) electrons. The smallest absolute Gasteiger partial charge is 0.266 e. The number of hydrogen-bond acceptors (Lipinski definition) is 4. The zero-order chi connectivity index (χ0) is 14.3. The molecule has 2 N–H and O–H groups in total. The summed E-state index contributed by atoms with van der Waals surface area (Å²) in [6.07, 6.45) is 0. The monoisotopic (exact) mass is 310 g/mol. The Morgan fingerprint density at radius 1 is 1.55 bits per heavy atom. The number of thiophene rings is 1. The number of benzene rings is 1. The standard InChI is InChI=1S/C14H15ClN2O2S/c1-8-7-19-6-5-17(8)14(18)13-12(16)11-9(15)3-2-4-10(11)20-13/h2-4,8H,5-7,16H2,1H3. The van der Waals surface area contributed by atoms with E-state index in [1.807, 2.05) is 24.0 Å². The molecule has 2 heterocycles. The second kappa shape index (κ2) is 5.24. The summed E-state index contributed by atoms with van der Waals surface area (Å²) in [5.74, 6) is -0.0319. The lowest BCUT2D eigenvalue weighted by Gasteiger charge is -2.33. The highest BCUT2D eigenvalue weighted by Crippen LogP contribution is 2.38. The number of ether oxygens (including phenoxy) is 1. The average Bonchev–Trinajstić information content (AvgIpc) is 2.77. The molecule has 106 valence electrons. The Hall–Kier alpha value is -1.30. The lowest BCUT2D eigenvalue weighted by Crippen LogP contribution is -2.47. The fourth-order valence-corrected chi connectivity index (χ4v) is 3.88. The molecule has 0 bridgehead atoms. The predicted octanol–water partition coefficient (Wildman–Crippen LogP) is 3.00. The summed E-state index contributed by atoms with van der Waals surface area (Å²) in [7, 11) is 0. The van der Waals surface area contributed by atoms with Crippen molar-refractivity contribution in [2.45, 2.75) is 13.0 Å². The number of carbonyl (C=O) groups is 1. The number of morpholine rings is 1. The molecular weight excluding hydrogens is 296 g/mol. The molecule has 20 heavy (non-hydrogen) atoms. The zero-order valence-electron chi connectivity index (χ0n) is 11.1. The summed E-state index contributed by atoms with van der Waals surface area (Å²) in [6, 6.07) is 5.66. The summed E-state index contributed by atoms with van der Waals surface area (Å²) in [4.78, 5) is 15.1. The third-order valence-corrected chi connectivity index (χ3v) is 5.00. The van der Waals surface area contributed by atoms with E-state index in [0.717, 1.165) is 10.1 Å². The van der Waals surface area contributed by atoms with Crippen molar-refractivity contribution in [2.75, 3.05) is 25.5 Å². The third kappa shape index (κ3) is 2.16. The summed E-state index contributed by atoms with van der Waals surface area (Å²) >= 11 is 7.58. The minimum atomic E-state index is -0.0319. The minimum absolute atomic E-state index is 0.0319. The van der Waals surface area contributed by atoms with E-state index in [-0.39, 0.29) is 11.9 Å². The van der Waals surface area contributed by atoms with Crippen LogP contribution in [0.25, 0.3) is 10.1 Å². The second-order valence-corrected chi connectivity index (χ2v) is 6.34. The molecule has 1 amide bonds. The number of carbonyl (C=O) groups excluding carboxylic acids is 1. The molecule has 1 saturated heterocycles. The first-order valence-corrected chi connectivity index (χ1v) is 7.64. The van der Waals surface area contributed by atoms with Gasteiger partial charge in [0.05, 0.1) is 30.0 Å². The van der Waals surface area contributed by atoms with Crippen LogP contribution in [-0.4, -0.2) is 36.6 Å². The molecule has 1 unspecified atom stereocenters. The van der Waals surface area contributed by atoms with E-state index in [2.05, 4.69) is 0 Å². The molecule has 3 rings (SSSR count). The molecule has 1 fully saturated rings. The number of halogens is 1. The first kappa shape index (κ1) is 13.7. The van der Waals surface area contributed by atoms with E-state index in [9.17, 15) is 4.79 Å². The molecule has 1 aromatic heterocycles. The Kier molecular flexibility index (Phi) is 3.58. The highest BCUT2D eigenvalue weighted by Gasteiger charge is 2.28. The normalized spacial score (nSPS) is 19.5. The Morgan fingerprint density at radius 3 is 3.05 bits per heavy atom. The molecule has 1 aliphatic heterocycles. The van der Waals surface area contributed by atoms with E-state index in [1.165, 1.54) is 11.3 Å². The first-order chi connectivity index (χ1) is 9.59. The van der Waals surface area contributed by atoms with Gasteiger partial charge in [0.25, 0.3) is 5.91 Å². The number of hydrogen-bond donors (Lipinski definition) is 1. The fourth-order valence-electron chi connectivity index (χ4n) is 2.45. The van der Waals surface area contributed by atoms with Crippen LogP contribution in [-0.2, 0) is 4.74 Å². The van der Waals surface area contributed by atoms with E-state index in [0.29, 0.717) is 35.3 Å². The summed E-state index contributed by atoms with van der Waals surface area (Å²) in [6.45, 7) is 3.72. The molecule has 1 aromatic carbocycles. The van der Waals surface area contributed by atoms with Crippen LogP contribution in [0.3, 0.4) is 0 Å². The number of anilines is 1. The third-order valence-electron chi connectivity index (χ3n) is 3.52. The van der Waals surface area contributed by atoms with Gasteiger partial charge in [0, 0.05) is 16.6 Å². The van der Waals surface area contributed by atoms with Gasteiger partial charge in [0.2, 0.25) is 0 Å². The molecule has 1 atom stereocenters. The maximum Gasteiger partial charge on any atom is 0.266 e. The van der Waals surface area contributed by atoms with Crippen molar-refractivity contribution >= 4 is 44.6 Å². The van der Waals surface area contributed by atoms with Crippen molar-refractivity contribution in [3.63, 3.8) is 0 Å². The zero-order valence-corrected chi connectivity index (χ0v) is 12.6. The van der Waals surface area contributed by atoms with Gasteiger partial charge in [-0.25, -0.2) is 0 Å². The van der Waals surface area contributed by atoms with Gasteiger partial charge in [-0.15, -0.1) is 11.3 Å². The molecule has 2 aromatic rings. The van der Waals surface area contributed by atoms with Crippen molar-refractivity contribution in [3.8, 4) is 0 Å². The van der Waals surface area contributed by atoms with E-state index in [1.54, 1.807) is 6.07 Å². The van der Waals surface area contributed by atoms with Gasteiger partial charge in [0.15, 0.2) is 0 Å².